The van der Waals surface area contributed by atoms with Crippen LogP contribution in [0.25, 0.3) is 0 Å². The molecule has 0 aromatic carbocycles. The molecule has 0 saturated carbocycles. The Morgan fingerprint density at radius 3 is 1.78 bits per heavy atom. The lowest BCUT2D eigenvalue weighted by atomic mass is 10.6. The van der Waals surface area contributed by atoms with Crippen LogP contribution in [0, 0.1) is 0 Å². The highest BCUT2D eigenvalue weighted by Crippen LogP contribution is 2.04. The Hall–Kier alpha value is -2.04. The normalized spacial score (nSPS) is 13.8. The number of hydrazone groups is 1. The molecule has 9 N–H and O–H groups in total. The van der Waals surface area contributed by atoms with Gasteiger partial charge in [0.25, 0.3) is 0 Å². The highest BCUT2D eigenvalue weighted by atomic mass is 35.5. The third-order valence-electron chi connectivity index (χ3n) is 1.36. The summed E-state index contributed by atoms with van der Waals surface area (Å²) in [6, 6.07) is 0. The number of hydrogen-bond acceptors (Lipinski definition) is 10. The molecule has 0 amide bonds. The van der Waals surface area contributed by atoms with E-state index in [1.807, 2.05) is 0 Å². The van der Waals surface area contributed by atoms with Gasteiger partial charge in [-0.25, -0.2) is 5.84 Å². The minimum atomic E-state index is 0.0417. The first kappa shape index (κ1) is 14.0. The van der Waals surface area contributed by atoms with Gasteiger partial charge in [0.1, 0.15) is 5.16 Å². The minimum Gasteiger partial charge on any atom is -0.368 e. The van der Waals surface area contributed by atoms with E-state index < -0.39 is 0 Å². The summed E-state index contributed by atoms with van der Waals surface area (Å²) >= 11 is 10.9. The zero-order valence-corrected chi connectivity index (χ0v) is 10.4. The van der Waals surface area contributed by atoms with Crippen molar-refractivity contribution in [2.45, 2.75) is 0 Å². The maximum Gasteiger partial charge on any atom is 0.226 e. The standard InChI is InChI=1S/C3H4Cl2N4.C3H6N6/c4-2-1-3(5)8-9(6)7-2;4-1-7-2(5)9-3(6)8-1/h1,7H,6H2;(H6,4,5,6,7,8,9). The fourth-order valence-electron chi connectivity index (χ4n) is 0.830. The Kier molecular flexibility index (Phi) is 4.71. The van der Waals surface area contributed by atoms with Gasteiger partial charge in [-0.05, 0) is 0 Å². The molecule has 0 fully saturated rings. The van der Waals surface area contributed by atoms with Gasteiger partial charge >= 0.3 is 0 Å². The Labute approximate surface area is 112 Å². The van der Waals surface area contributed by atoms with Gasteiger partial charge in [-0.3, -0.25) is 5.43 Å². The Bertz CT molecular complexity index is 435. The second-order valence-corrected chi connectivity index (χ2v) is 3.58. The van der Waals surface area contributed by atoms with E-state index in [9.17, 15) is 0 Å². The zero-order valence-electron chi connectivity index (χ0n) is 8.88. The third-order valence-corrected chi connectivity index (χ3v) is 1.74. The fraction of sp³-hybridized carbons (Fsp3) is 0. The number of nitrogen functional groups attached to an aromatic ring is 3. The lowest BCUT2D eigenvalue weighted by Gasteiger charge is -2.16. The van der Waals surface area contributed by atoms with E-state index in [0.717, 1.165) is 5.23 Å². The third kappa shape index (κ3) is 4.86. The lowest BCUT2D eigenvalue weighted by Crippen LogP contribution is -2.40. The van der Waals surface area contributed by atoms with Crippen molar-refractivity contribution in [3.63, 3.8) is 0 Å². The number of anilines is 3. The van der Waals surface area contributed by atoms with Crippen molar-refractivity contribution in [1.82, 2.24) is 25.6 Å². The zero-order chi connectivity index (χ0) is 13.7. The Morgan fingerprint density at radius 1 is 1.00 bits per heavy atom. The van der Waals surface area contributed by atoms with Crippen LogP contribution >= 0.6 is 23.2 Å². The van der Waals surface area contributed by atoms with Crippen LogP contribution in [0.4, 0.5) is 17.8 Å². The second kappa shape index (κ2) is 6.05. The molecule has 2 rings (SSSR count). The van der Waals surface area contributed by atoms with Crippen LogP contribution in [0.15, 0.2) is 16.3 Å². The summed E-state index contributed by atoms with van der Waals surface area (Å²) in [5.74, 6) is 5.27. The topological polar surface area (TPSA) is 170 Å². The van der Waals surface area contributed by atoms with E-state index in [1.165, 1.54) is 6.08 Å². The summed E-state index contributed by atoms with van der Waals surface area (Å²) in [7, 11) is 0. The summed E-state index contributed by atoms with van der Waals surface area (Å²) in [5, 5.41) is 5.09. The smallest absolute Gasteiger partial charge is 0.226 e. The van der Waals surface area contributed by atoms with Crippen molar-refractivity contribution < 1.29 is 0 Å². The van der Waals surface area contributed by atoms with Crippen molar-refractivity contribution in [1.29, 1.82) is 0 Å². The number of halogens is 2. The number of nitrogens with two attached hydrogens (primary N) is 4. The number of nitrogens with zero attached hydrogens (tertiary/aromatic N) is 5. The number of hydrogen-bond donors (Lipinski definition) is 5. The number of aromatic nitrogens is 3. The largest absolute Gasteiger partial charge is 0.368 e. The van der Waals surface area contributed by atoms with E-state index in [2.05, 4.69) is 25.5 Å². The number of rotatable bonds is 0. The predicted molar refractivity (Wildman–Crippen MR) is 69.5 cm³/mol. The average Bonchev–Trinajstić information content (AvgIpc) is 2.12. The summed E-state index contributed by atoms with van der Waals surface area (Å²) in [6.07, 6.45) is 1.45. The predicted octanol–water partition coefficient (Wildman–Crippen LogP) is -1.07. The highest BCUT2D eigenvalue weighted by molar-refractivity contribution is 6.69. The maximum atomic E-state index is 5.47. The van der Waals surface area contributed by atoms with Gasteiger partial charge < -0.3 is 17.2 Å². The van der Waals surface area contributed by atoms with Crippen LogP contribution in [0.2, 0.25) is 0 Å². The van der Waals surface area contributed by atoms with Gasteiger partial charge in [0.2, 0.25) is 17.8 Å². The molecule has 0 unspecified atom stereocenters. The number of hydrazine groups is 2. The summed E-state index contributed by atoms with van der Waals surface area (Å²) in [6.45, 7) is 0. The van der Waals surface area contributed by atoms with Crippen LogP contribution < -0.4 is 28.5 Å². The summed E-state index contributed by atoms with van der Waals surface area (Å²) < 4.78 is 0. The van der Waals surface area contributed by atoms with Crippen molar-refractivity contribution in [2.75, 3.05) is 17.2 Å². The van der Waals surface area contributed by atoms with E-state index in [4.69, 9.17) is 46.2 Å². The lowest BCUT2D eigenvalue weighted by molar-refractivity contribution is 0.234. The molecule has 10 nitrogen and oxygen atoms in total. The highest BCUT2D eigenvalue weighted by Gasteiger charge is 2.04. The summed E-state index contributed by atoms with van der Waals surface area (Å²) in [5.41, 5.74) is 17.9. The molecule has 0 bridgehead atoms. The van der Waals surface area contributed by atoms with Crippen LogP contribution in [0.5, 0.6) is 0 Å². The van der Waals surface area contributed by atoms with E-state index in [1.54, 1.807) is 0 Å². The van der Waals surface area contributed by atoms with E-state index in [-0.39, 0.29) is 23.0 Å². The molecule has 0 atom stereocenters. The molecular weight excluding hydrogens is 283 g/mol. The van der Waals surface area contributed by atoms with Gasteiger partial charge in [0.05, 0.1) is 0 Å². The van der Waals surface area contributed by atoms with Crippen LogP contribution in [0.1, 0.15) is 0 Å². The van der Waals surface area contributed by atoms with Gasteiger partial charge in [0.15, 0.2) is 5.17 Å². The molecule has 1 aliphatic heterocycles. The Morgan fingerprint density at radius 2 is 1.44 bits per heavy atom. The molecule has 2 heterocycles. The molecule has 18 heavy (non-hydrogen) atoms. The molecule has 0 aliphatic carbocycles. The first-order valence-corrected chi connectivity index (χ1v) is 5.07. The minimum absolute atomic E-state index is 0.0417. The molecule has 0 radical (unpaired) electrons. The van der Waals surface area contributed by atoms with Crippen molar-refractivity contribution >= 4 is 46.2 Å². The molecule has 0 spiro atoms. The molecule has 0 saturated heterocycles. The van der Waals surface area contributed by atoms with Crippen LogP contribution in [0.3, 0.4) is 0 Å². The van der Waals surface area contributed by atoms with Crippen LogP contribution in [-0.2, 0) is 0 Å². The first-order chi connectivity index (χ1) is 8.36. The fourth-order valence-corrected chi connectivity index (χ4v) is 1.27. The number of allylic oxidation sites excluding steroid dienone is 1. The second-order valence-electron chi connectivity index (χ2n) is 2.78. The van der Waals surface area contributed by atoms with E-state index >= 15 is 0 Å². The first-order valence-electron chi connectivity index (χ1n) is 4.32. The maximum absolute atomic E-state index is 5.47. The van der Waals surface area contributed by atoms with Gasteiger partial charge in [-0.1, -0.05) is 23.2 Å². The van der Waals surface area contributed by atoms with Crippen molar-refractivity contribution in [2.24, 2.45) is 10.9 Å². The number of nitrogens with one attached hydrogen (secondary N) is 1. The molecule has 12 heteroatoms. The van der Waals surface area contributed by atoms with Gasteiger partial charge in [-0.2, -0.15) is 15.0 Å². The molecule has 1 aliphatic rings. The van der Waals surface area contributed by atoms with Crippen molar-refractivity contribution in [3.05, 3.63) is 11.2 Å². The van der Waals surface area contributed by atoms with Gasteiger partial charge in [0, 0.05) is 6.08 Å². The summed E-state index contributed by atoms with van der Waals surface area (Å²) in [4.78, 5) is 10.5. The van der Waals surface area contributed by atoms with Crippen molar-refractivity contribution in [3.8, 4) is 0 Å². The van der Waals surface area contributed by atoms with E-state index in [0.29, 0.717) is 5.16 Å². The quantitative estimate of drug-likeness (QED) is 0.295. The SMILES string of the molecule is NN1N=C(Cl)C=C(Cl)N1.Nc1nc(N)nc(N)n1. The molecule has 98 valence electrons. The monoisotopic (exact) mass is 292 g/mol. The van der Waals surface area contributed by atoms with Crippen LogP contribution in [-0.4, -0.2) is 25.3 Å². The molecular formula is C6H10Cl2N10. The van der Waals surface area contributed by atoms with Gasteiger partial charge in [-0.15, -0.1) is 10.3 Å². The average molecular weight is 293 g/mol. The molecule has 1 aromatic rings. The molecule has 1 aromatic heterocycles. The Balaban J connectivity index is 0.000000180.